The molecular weight excluding hydrogens is 292 g/mol. The summed E-state index contributed by atoms with van der Waals surface area (Å²) < 4.78 is 7.07. The summed E-state index contributed by atoms with van der Waals surface area (Å²) in [7, 11) is 0. The minimum atomic E-state index is -0.477. The Morgan fingerprint density at radius 2 is 2.22 bits per heavy atom. The van der Waals surface area contributed by atoms with Gasteiger partial charge < -0.3 is 9.52 Å². The lowest BCUT2D eigenvalue weighted by atomic mass is 9.71. The van der Waals surface area contributed by atoms with Crippen molar-refractivity contribution in [3.05, 3.63) is 34.3 Å². The molecule has 2 fully saturated rings. The molecule has 0 radical (unpaired) electrons. The molecule has 2 aromatic rings. The van der Waals surface area contributed by atoms with Crippen LogP contribution in [-0.2, 0) is 6.67 Å². The SMILES string of the molecule is Cc1ccc2oc(=O)n(CN3CC[C@@]4(O)CCCC[C@@H]4C3)c2c1. The molecule has 5 heteroatoms. The number of likely N-dealkylation sites (tertiary alicyclic amines) is 1. The maximum absolute atomic E-state index is 12.2. The predicted octanol–water partition coefficient (Wildman–Crippen LogP) is 2.49. The van der Waals surface area contributed by atoms with Crippen LogP contribution in [0.4, 0.5) is 0 Å². The third kappa shape index (κ3) is 2.62. The van der Waals surface area contributed by atoms with Crippen molar-refractivity contribution in [2.24, 2.45) is 5.92 Å². The zero-order chi connectivity index (χ0) is 16.0. The number of aryl methyl sites for hydroxylation is 1. The molecule has 1 aliphatic carbocycles. The van der Waals surface area contributed by atoms with Gasteiger partial charge in [-0.2, -0.15) is 0 Å². The van der Waals surface area contributed by atoms with Gasteiger partial charge in [0.05, 0.1) is 17.8 Å². The Bertz CT molecular complexity index is 778. The molecule has 0 bridgehead atoms. The molecule has 1 aromatic heterocycles. The van der Waals surface area contributed by atoms with Crippen LogP contribution >= 0.6 is 0 Å². The molecule has 1 saturated heterocycles. The molecule has 1 aliphatic heterocycles. The van der Waals surface area contributed by atoms with Crippen LogP contribution in [0, 0.1) is 12.8 Å². The van der Waals surface area contributed by atoms with Crippen molar-refractivity contribution >= 4 is 11.1 Å². The highest BCUT2D eigenvalue weighted by Crippen LogP contribution is 2.39. The summed E-state index contributed by atoms with van der Waals surface area (Å²) in [5, 5.41) is 10.8. The van der Waals surface area contributed by atoms with Crippen LogP contribution in [0.2, 0.25) is 0 Å². The molecule has 2 heterocycles. The van der Waals surface area contributed by atoms with Gasteiger partial charge in [0.1, 0.15) is 0 Å². The van der Waals surface area contributed by atoms with E-state index in [0.29, 0.717) is 18.2 Å². The first-order valence-electron chi connectivity index (χ1n) is 8.60. The van der Waals surface area contributed by atoms with E-state index in [-0.39, 0.29) is 5.76 Å². The molecule has 5 nitrogen and oxygen atoms in total. The summed E-state index contributed by atoms with van der Waals surface area (Å²) in [5.74, 6) is 0.0377. The van der Waals surface area contributed by atoms with E-state index in [0.717, 1.165) is 49.9 Å². The molecule has 4 rings (SSSR count). The molecule has 2 atom stereocenters. The van der Waals surface area contributed by atoms with Gasteiger partial charge in [-0.3, -0.25) is 9.47 Å². The summed E-state index contributed by atoms with van der Waals surface area (Å²) in [6.45, 7) is 4.26. The van der Waals surface area contributed by atoms with Gasteiger partial charge in [0.25, 0.3) is 0 Å². The molecule has 1 saturated carbocycles. The van der Waals surface area contributed by atoms with Crippen LogP contribution in [0.5, 0.6) is 0 Å². The van der Waals surface area contributed by atoms with Crippen molar-refractivity contribution in [2.75, 3.05) is 13.1 Å². The number of hydrogen-bond acceptors (Lipinski definition) is 4. The summed E-state index contributed by atoms with van der Waals surface area (Å²) in [6, 6.07) is 5.82. The largest absolute Gasteiger partial charge is 0.421 e. The van der Waals surface area contributed by atoms with E-state index in [2.05, 4.69) is 4.90 Å². The number of benzene rings is 1. The second-order valence-corrected chi connectivity index (χ2v) is 7.28. The molecule has 1 aromatic carbocycles. The Hall–Kier alpha value is -1.59. The lowest BCUT2D eigenvalue weighted by Gasteiger charge is -2.47. The van der Waals surface area contributed by atoms with Crippen LogP contribution in [0.1, 0.15) is 37.7 Å². The summed E-state index contributed by atoms with van der Waals surface area (Å²) in [5.41, 5.74) is 2.15. The lowest BCUT2D eigenvalue weighted by Crippen LogP contribution is -2.53. The average molecular weight is 316 g/mol. The second kappa shape index (κ2) is 5.49. The fraction of sp³-hybridized carbons (Fsp3) is 0.611. The number of piperidine rings is 1. The fourth-order valence-corrected chi connectivity index (χ4v) is 4.27. The van der Waals surface area contributed by atoms with Gasteiger partial charge in [-0.25, -0.2) is 4.79 Å². The number of oxazole rings is 1. The molecule has 124 valence electrons. The van der Waals surface area contributed by atoms with Gasteiger partial charge in [-0.15, -0.1) is 0 Å². The van der Waals surface area contributed by atoms with Crippen LogP contribution in [0.3, 0.4) is 0 Å². The van der Waals surface area contributed by atoms with Crippen molar-refractivity contribution in [2.45, 2.75) is 51.3 Å². The van der Waals surface area contributed by atoms with Crippen molar-refractivity contribution in [1.29, 1.82) is 0 Å². The van der Waals surface area contributed by atoms with Gasteiger partial charge in [-0.05, 0) is 43.9 Å². The fourth-order valence-electron chi connectivity index (χ4n) is 4.27. The minimum Gasteiger partial charge on any atom is -0.408 e. The average Bonchev–Trinajstić information content (AvgIpc) is 2.83. The lowest BCUT2D eigenvalue weighted by molar-refractivity contribution is -0.100. The Balaban J connectivity index is 1.58. The number of aromatic nitrogens is 1. The maximum Gasteiger partial charge on any atom is 0.421 e. The second-order valence-electron chi connectivity index (χ2n) is 7.28. The highest BCUT2D eigenvalue weighted by atomic mass is 16.4. The van der Waals surface area contributed by atoms with Gasteiger partial charge in [0.15, 0.2) is 5.58 Å². The monoisotopic (exact) mass is 316 g/mol. The highest BCUT2D eigenvalue weighted by molar-refractivity contribution is 5.73. The van der Waals surface area contributed by atoms with E-state index in [4.69, 9.17) is 4.42 Å². The van der Waals surface area contributed by atoms with Gasteiger partial charge in [-0.1, -0.05) is 18.9 Å². The highest BCUT2D eigenvalue weighted by Gasteiger charge is 2.42. The first kappa shape index (κ1) is 15.0. The zero-order valence-electron chi connectivity index (χ0n) is 13.6. The Morgan fingerprint density at radius 1 is 1.35 bits per heavy atom. The van der Waals surface area contributed by atoms with Gasteiger partial charge >= 0.3 is 5.76 Å². The molecule has 1 N–H and O–H groups in total. The quantitative estimate of drug-likeness (QED) is 0.925. The van der Waals surface area contributed by atoms with E-state index >= 15 is 0 Å². The van der Waals surface area contributed by atoms with E-state index in [1.807, 2.05) is 25.1 Å². The van der Waals surface area contributed by atoms with Crippen LogP contribution in [0.25, 0.3) is 11.1 Å². The minimum absolute atomic E-state index is 0.296. The van der Waals surface area contributed by atoms with Crippen molar-refractivity contribution in [3.63, 3.8) is 0 Å². The Morgan fingerprint density at radius 3 is 3.09 bits per heavy atom. The standard InChI is InChI=1S/C18H24N2O3/c1-13-5-6-16-15(10-13)20(17(21)23-16)12-19-9-8-18(22)7-3-2-4-14(18)11-19/h5-6,10,14,22H,2-4,7-9,11-12H2,1H3/t14-,18+/m1/s1. The third-order valence-corrected chi connectivity index (χ3v) is 5.68. The normalized spacial score (nSPS) is 28.9. The molecule has 0 unspecified atom stereocenters. The molecule has 23 heavy (non-hydrogen) atoms. The van der Waals surface area contributed by atoms with Gasteiger partial charge in [0.2, 0.25) is 0 Å². The van der Waals surface area contributed by atoms with Crippen LogP contribution in [0.15, 0.2) is 27.4 Å². The first-order valence-corrected chi connectivity index (χ1v) is 8.60. The van der Waals surface area contributed by atoms with Crippen LogP contribution in [-0.4, -0.2) is 33.3 Å². The zero-order valence-corrected chi connectivity index (χ0v) is 13.6. The third-order valence-electron chi connectivity index (χ3n) is 5.68. The molecule has 0 spiro atoms. The van der Waals surface area contributed by atoms with Crippen molar-refractivity contribution < 1.29 is 9.52 Å². The summed E-state index contributed by atoms with van der Waals surface area (Å²) in [4.78, 5) is 14.5. The summed E-state index contributed by atoms with van der Waals surface area (Å²) >= 11 is 0. The van der Waals surface area contributed by atoms with E-state index in [1.165, 1.54) is 6.42 Å². The Labute approximate surface area is 135 Å². The number of fused-ring (bicyclic) bond motifs is 2. The van der Waals surface area contributed by atoms with Crippen molar-refractivity contribution in [1.82, 2.24) is 9.47 Å². The predicted molar refractivity (Wildman–Crippen MR) is 88.3 cm³/mol. The smallest absolute Gasteiger partial charge is 0.408 e. The molecule has 2 aliphatic rings. The number of aliphatic hydroxyl groups is 1. The molecule has 0 amide bonds. The Kier molecular flexibility index (Phi) is 3.58. The number of nitrogens with zero attached hydrogens (tertiary/aromatic N) is 2. The van der Waals surface area contributed by atoms with E-state index < -0.39 is 5.60 Å². The van der Waals surface area contributed by atoms with E-state index in [1.54, 1.807) is 4.57 Å². The summed E-state index contributed by atoms with van der Waals surface area (Å²) in [6.07, 6.45) is 5.17. The number of rotatable bonds is 2. The maximum atomic E-state index is 12.2. The van der Waals surface area contributed by atoms with Crippen molar-refractivity contribution in [3.8, 4) is 0 Å². The van der Waals surface area contributed by atoms with E-state index in [9.17, 15) is 9.90 Å². The topological polar surface area (TPSA) is 58.6 Å². The molecular formula is C18H24N2O3. The van der Waals surface area contributed by atoms with Gasteiger partial charge in [0, 0.05) is 19.0 Å². The first-order chi connectivity index (χ1) is 11.0. The number of hydrogen-bond donors (Lipinski definition) is 1. The van der Waals surface area contributed by atoms with Crippen LogP contribution < -0.4 is 5.76 Å².